The highest BCUT2D eigenvalue weighted by Crippen LogP contribution is 2.22. The van der Waals surface area contributed by atoms with E-state index in [0.29, 0.717) is 10.6 Å². The van der Waals surface area contributed by atoms with Crippen LogP contribution in [-0.2, 0) is 4.79 Å². The third-order valence-electron chi connectivity index (χ3n) is 3.71. The zero-order valence-electron chi connectivity index (χ0n) is 10.5. The Bertz CT molecular complexity index is 522. The number of rotatable bonds is 2. The molecule has 4 nitrogen and oxygen atoms in total. The van der Waals surface area contributed by atoms with Crippen molar-refractivity contribution in [2.45, 2.75) is 37.8 Å². The largest absolute Gasteiger partial charge is 0.376 e. The monoisotopic (exact) mass is 276 g/mol. The van der Waals surface area contributed by atoms with E-state index in [9.17, 15) is 9.59 Å². The molecule has 5 heteroatoms. The van der Waals surface area contributed by atoms with E-state index in [-0.39, 0.29) is 23.8 Å². The first-order valence-electron chi connectivity index (χ1n) is 6.61. The lowest BCUT2D eigenvalue weighted by atomic mass is 9.88. The number of piperazine rings is 1. The molecule has 1 amide bonds. The van der Waals surface area contributed by atoms with Crippen LogP contribution in [0.1, 0.15) is 35.4 Å². The second-order valence-electron chi connectivity index (χ2n) is 5.01. The first kappa shape index (κ1) is 12.4. The van der Waals surface area contributed by atoms with E-state index in [1.165, 1.54) is 23.8 Å². The van der Waals surface area contributed by atoms with Crippen LogP contribution in [0.15, 0.2) is 29.3 Å². The van der Waals surface area contributed by atoms with Gasteiger partial charge < -0.3 is 10.6 Å². The lowest BCUT2D eigenvalue weighted by Crippen LogP contribution is -2.58. The van der Waals surface area contributed by atoms with Gasteiger partial charge in [0.1, 0.15) is 5.70 Å². The average Bonchev–Trinajstić information content (AvgIpc) is 2.93. The smallest absolute Gasteiger partial charge is 0.267 e. The lowest BCUT2D eigenvalue weighted by Gasteiger charge is -2.38. The van der Waals surface area contributed by atoms with Crippen LogP contribution < -0.4 is 10.6 Å². The van der Waals surface area contributed by atoms with Gasteiger partial charge in [-0.25, -0.2) is 0 Å². The molecule has 0 unspecified atom stereocenters. The summed E-state index contributed by atoms with van der Waals surface area (Å²) < 4.78 is 0. The Morgan fingerprint density at radius 2 is 2.00 bits per heavy atom. The van der Waals surface area contributed by atoms with Gasteiger partial charge in [0.15, 0.2) is 5.78 Å². The molecule has 2 heterocycles. The van der Waals surface area contributed by atoms with Crippen molar-refractivity contribution in [1.82, 2.24) is 10.6 Å². The van der Waals surface area contributed by atoms with Crippen molar-refractivity contribution < 1.29 is 9.59 Å². The maximum atomic E-state index is 12.0. The van der Waals surface area contributed by atoms with Crippen molar-refractivity contribution in [2.75, 3.05) is 0 Å². The maximum absolute atomic E-state index is 12.0. The fourth-order valence-corrected chi connectivity index (χ4v) is 3.35. The van der Waals surface area contributed by atoms with Crippen molar-refractivity contribution in [3.05, 3.63) is 34.2 Å². The van der Waals surface area contributed by atoms with Gasteiger partial charge in [-0.15, -0.1) is 11.3 Å². The molecule has 1 aromatic rings. The third kappa shape index (κ3) is 2.56. The summed E-state index contributed by atoms with van der Waals surface area (Å²) in [5.41, 5.74) is 0.404. The summed E-state index contributed by atoms with van der Waals surface area (Å²) in [5.74, 6) is -0.269. The molecule has 0 spiro atoms. The van der Waals surface area contributed by atoms with Crippen LogP contribution in [0.3, 0.4) is 0 Å². The molecule has 100 valence electrons. The molecular formula is C14H16N2O2S. The summed E-state index contributed by atoms with van der Waals surface area (Å²) >= 11 is 1.39. The average molecular weight is 276 g/mol. The lowest BCUT2D eigenvalue weighted by molar-refractivity contribution is -0.120. The van der Waals surface area contributed by atoms with Gasteiger partial charge in [-0.3, -0.25) is 9.59 Å². The van der Waals surface area contributed by atoms with Gasteiger partial charge in [0.2, 0.25) is 0 Å². The van der Waals surface area contributed by atoms with Crippen LogP contribution in [-0.4, -0.2) is 23.8 Å². The minimum atomic E-state index is -0.159. The van der Waals surface area contributed by atoms with E-state index in [0.717, 1.165) is 19.3 Å². The molecule has 1 aliphatic carbocycles. The summed E-state index contributed by atoms with van der Waals surface area (Å²) in [4.78, 5) is 24.6. The van der Waals surface area contributed by atoms with Crippen LogP contribution in [0.5, 0.6) is 0 Å². The van der Waals surface area contributed by atoms with Crippen molar-refractivity contribution >= 4 is 23.0 Å². The number of hydrogen-bond donors (Lipinski definition) is 2. The van der Waals surface area contributed by atoms with Crippen LogP contribution in [0.2, 0.25) is 0 Å². The van der Waals surface area contributed by atoms with E-state index in [1.54, 1.807) is 6.07 Å². The molecule has 0 aromatic carbocycles. The highest BCUT2D eigenvalue weighted by Gasteiger charge is 2.33. The van der Waals surface area contributed by atoms with Crippen LogP contribution >= 0.6 is 11.3 Å². The molecule has 1 aliphatic heterocycles. The summed E-state index contributed by atoms with van der Waals surface area (Å²) in [6.45, 7) is 0. The highest BCUT2D eigenvalue weighted by molar-refractivity contribution is 7.12. The Balaban J connectivity index is 1.77. The number of thiophene rings is 1. The summed E-state index contributed by atoms with van der Waals surface area (Å²) in [7, 11) is 0. The van der Waals surface area contributed by atoms with Crippen LogP contribution in [0.4, 0.5) is 0 Å². The number of nitrogens with one attached hydrogen (secondary N) is 2. The van der Waals surface area contributed by atoms with Crippen molar-refractivity contribution in [1.29, 1.82) is 0 Å². The Kier molecular flexibility index (Phi) is 3.38. The van der Waals surface area contributed by atoms with E-state index < -0.39 is 0 Å². The highest BCUT2D eigenvalue weighted by atomic mass is 32.1. The van der Waals surface area contributed by atoms with Gasteiger partial charge in [-0.1, -0.05) is 18.9 Å². The van der Waals surface area contributed by atoms with Crippen LogP contribution in [0, 0.1) is 0 Å². The molecule has 0 bridgehead atoms. The van der Waals surface area contributed by atoms with E-state index >= 15 is 0 Å². The van der Waals surface area contributed by atoms with E-state index in [2.05, 4.69) is 10.6 Å². The molecule has 3 rings (SSSR count). The van der Waals surface area contributed by atoms with Gasteiger partial charge in [0, 0.05) is 18.2 Å². The molecule has 1 aromatic heterocycles. The van der Waals surface area contributed by atoms with Crippen molar-refractivity contribution in [3.63, 3.8) is 0 Å². The van der Waals surface area contributed by atoms with Crippen LogP contribution in [0.25, 0.3) is 0 Å². The summed E-state index contributed by atoms with van der Waals surface area (Å²) in [5, 5.41) is 8.09. The standard InChI is InChI=1S/C14H16N2O2S/c17-12(13-6-3-7-19-13)8-11-14(18)16-10-5-2-1-4-9(10)15-11/h3,6-10,15H,1-2,4-5H2,(H,16,18)/b11-8-/t9-,10-/m1/s1. The molecule has 1 saturated carbocycles. The van der Waals surface area contributed by atoms with Crippen molar-refractivity contribution in [2.24, 2.45) is 0 Å². The molecule has 19 heavy (non-hydrogen) atoms. The predicted octanol–water partition coefficient (Wildman–Crippen LogP) is 1.85. The predicted molar refractivity (Wildman–Crippen MR) is 74.1 cm³/mol. The summed E-state index contributed by atoms with van der Waals surface area (Å²) in [6.07, 6.45) is 5.84. The Morgan fingerprint density at radius 1 is 1.26 bits per heavy atom. The second kappa shape index (κ2) is 5.17. The number of hydrogen-bond acceptors (Lipinski definition) is 4. The van der Waals surface area contributed by atoms with Gasteiger partial charge in [0.25, 0.3) is 5.91 Å². The fourth-order valence-electron chi connectivity index (χ4n) is 2.72. The maximum Gasteiger partial charge on any atom is 0.267 e. The molecule has 2 aliphatic rings. The third-order valence-corrected chi connectivity index (χ3v) is 4.59. The number of fused-ring (bicyclic) bond motifs is 1. The Morgan fingerprint density at radius 3 is 2.68 bits per heavy atom. The number of ketones is 1. The fraction of sp³-hybridized carbons (Fsp3) is 0.429. The molecule has 0 radical (unpaired) electrons. The SMILES string of the molecule is O=C1N[C@@H]2CCCC[C@H]2N/C1=C\C(=O)c1cccs1. The van der Waals surface area contributed by atoms with Crippen molar-refractivity contribution in [3.8, 4) is 0 Å². The van der Waals surface area contributed by atoms with Gasteiger partial charge in [-0.05, 0) is 24.3 Å². The zero-order valence-corrected chi connectivity index (χ0v) is 11.3. The molecule has 2 fully saturated rings. The zero-order chi connectivity index (χ0) is 13.2. The Hall–Kier alpha value is -1.62. The Labute approximate surface area is 115 Å². The number of allylic oxidation sites excluding steroid dienone is 1. The van der Waals surface area contributed by atoms with Gasteiger partial charge in [0.05, 0.1) is 4.88 Å². The number of carbonyl (C=O) groups is 2. The molecule has 1 saturated heterocycles. The quantitative estimate of drug-likeness (QED) is 0.640. The summed E-state index contributed by atoms with van der Waals surface area (Å²) in [6, 6.07) is 4.10. The minimum Gasteiger partial charge on any atom is -0.376 e. The van der Waals surface area contributed by atoms with Gasteiger partial charge in [-0.2, -0.15) is 0 Å². The first-order valence-corrected chi connectivity index (χ1v) is 7.49. The number of carbonyl (C=O) groups excluding carboxylic acids is 2. The second-order valence-corrected chi connectivity index (χ2v) is 5.96. The minimum absolute atomic E-state index is 0.109. The molecular weight excluding hydrogens is 260 g/mol. The molecule has 2 N–H and O–H groups in total. The molecule has 2 atom stereocenters. The topological polar surface area (TPSA) is 58.2 Å². The first-order chi connectivity index (χ1) is 9.24. The van der Waals surface area contributed by atoms with E-state index in [4.69, 9.17) is 0 Å². The van der Waals surface area contributed by atoms with E-state index in [1.807, 2.05) is 11.4 Å². The normalized spacial score (nSPS) is 28.4. The van der Waals surface area contributed by atoms with Gasteiger partial charge >= 0.3 is 0 Å². The number of amides is 1.